The Hall–Kier alpha value is -3.84. The minimum Gasteiger partial charge on any atom is -0.497 e. The van der Waals surface area contributed by atoms with Crippen LogP contribution in [0.2, 0.25) is 0 Å². The molecule has 1 unspecified atom stereocenters. The van der Waals surface area contributed by atoms with Crippen LogP contribution in [0.5, 0.6) is 5.75 Å². The Kier molecular flexibility index (Phi) is 8.37. The van der Waals surface area contributed by atoms with Gasteiger partial charge in [-0.1, -0.05) is 12.1 Å². The van der Waals surface area contributed by atoms with E-state index >= 15 is 0 Å². The summed E-state index contributed by atoms with van der Waals surface area (Å²) in [4.78, 5) is 28.7. The van der Waals surface area contributed by atoms with Crippen LogP contribution in [-0.4, -0.2) is 61.5 Å². The molecule has 0 radical (unpaired) electrons. The van der Waals surface area contributed by atoms with Gasteiger partial charge in [-0.25, -0.2) is 9.40 Å². The van der Waals surface area contributed by atoms with Crippen molar-refractivity contribution >= 4 is 23.2 Å². The van der Waals surface area contributed by atoms with Crippen molar-refractivity contribution in [1.29, 1.82) is 5.41 Å². The highest BCUT2D eigenvalue weighted by Crippen LogP contribution is 2.30. The number of nitrogens with one attached hydrogen (secondary N) is 3. The molecule has 0 aliphatic carbocycles. The molecule has 0 aromatic heterocycles. The maximum absolute atomic E-state index is 14.0. The molecule has 0 spiro atoms. The maximum Gasteiger partial charge on any atom is 0.416 e. The first-order valence-corrected chi connectivity index (χ1v) is 10.7. The second-order valence-corrected chi connectivity index (χ2v) is 7.88. The molecular formula is C23H24F4N6O3. The van der Waals surface area contributed by atoms with E-state index in [0.717, 1.165) is 23.2 Å². The van der Waals surface area contributed by atoms with Crippen molar-refractivity contribution in [3.63, 3.8) is 0 Å². The van der Waals surface area contributed by atoms with Gasteiger partial charge in [-0.2, -0.15) is 13.2 Å². The molecule has 0 fully saturated rings. The summed E-state index contributed by atoms with van der Waals surface area (Å²) in [6.07, 6.45) is -4.48. The molecule has 0 bridgehead atoms. The van der Waals surface area contributed by atoms with Gasteiger partial charge in [-0.05, 0) is 29.8 Å². The number of hydrogen-bond donors (Lipinski definition) is 4. The molecule has 1 heterocycles. The first-order chi connectivity index (χ1) is 17.0. The predicted molar refractivity (Wildman–Crippen MR) is 123 cm³/mol. The molecule has 1 atom stereocenters. The van der Waals surface area contributed by atoms with Crippen LogP contribution in [0.3, 0.4) is 0 Å². The Bertz CT molecular complexity index is 1170. The number of benzene rings is 2. The molecule has 1 aliphatic rings. The minimum atomic E-state index is -4.48. The van der Waals surface area contributed by atoms with Crippen LogP contribution in [0.15, 0.2) is 47.5 Å². The van der Waals surface area contributed by atoms with E-state index in [1.54, 1.807) is 0 Å². The standard InChI is InChI=1S/C23H24F4N6O3/c1-36-15-6-7-16(17(24)10-15)21(34)30-8-9-33(29)12-18(28)22(35)32-20(19-11-31-19)13-2-4-14(5-3-13)23(25,26)27/h2-7,10,20,28H,8-9,11-12,29H2,1H3,(H,30,34)(H,32,35). The van der Waals surface area contributed by atoms with Gasteiger partial charge in [0.15, 0.2) is 0 Å². The normalized spacial score (nSPS) is 13.6. The molecule has 5 N–H and O–H groups in total. The first kappa shape index (κ1) is 26.8. The molecule has 36 heavy (non-hydrogen) atoms. The fraction of sp³-hybridized carbons (Fsp3) is 0.304. The number of rotatable bonds is 11. The number of nitrogens with two attached hydrogens (primary N) is 1. The molecule has 13 heteroatoms. The highest BCUT2D eigenvalue weighted by molar-refractivity contribution is 6.38. The van der Waals surface area contributed by atoms with E-state index in [9.17, 15) is 27.2 Å². The largest absolute Gasteiger partial charge is 0.497 e. The highest BCUT2D eigenvalue weighted by atomic mass is 19.4. The number of hydrazine groups is 1. The lowest BCUT2D eigenvalue weighted by Crippen LogP contribution is -2.46. The van der Waals surface area contributed by atoms with E-state index in [-0.39, 0.29) is 30.9 Å². The van der Waals surface area contributed by atoms with Gasteiger partial charge >= 0.3 is 6.18 Å². The van der Waals surface area contributed by atoms with Gasteiger partial charge in [-0.15, -0.1) is 0 Å². The number of halogens is 4. The van der Waals surface area contributed by atoms with Crippen molar-refractivity contribution in [2.45, 2.75) is 12.2 Å². The number of amides is 2. The Morgan fingerprint density at radius 2 is 1.89 bits per heavy atom. The number of methoxy groups -OCH3 is 1. The fourth-order valence-corrected chi connectivity index (χ4v) is 3.24. The molecule has 3 rings (SSSR count). The van der Waals surface area contributed by atoms with Crippen molar-refractivity contribution < 1.29 is 31.9 Å². The molecule has 0 saturated heterocycles. The summed E-state index contributed by atoms with van der Waals surface area (Å²) < 4.78 is 57.3. The summed E-state index contributed by atoms with van der Waals surface area (Å²) in [6, 6.07) is 7.37. The second kappa shape index (κ2) is 11.3. The van der Waals surface area contributed by atoms with E-state index in [2.05, 4.69) is 15.6 Å². The third-order valence-electron chi connectivity index (χ3n) is 5.26. The Morgan fingerprint density at radius 3 is 2.44 bits per heavy atom. The third kappa shape index (κ3) is 7.09. The lowest BCUT2D eigenvalue weighted by molar-refractivity contribution is -0.137. The molecule has 2 aromatic rings. The van der Waals surface area contributed by atoms with E-state index in [1.807, 2.05) is 0 Å². The minimum absolute atomic E-state index is 0.0146. The monoisotopic (exact) mass is 508 g/mol. The van der Waals surface area contributed by atoms with Crippen LogP contribution in [0.4, 0.5) is 17.6 Å². The van der Waals surface area contributed by atoms with Crippen molar-refractivity contribution in [2.24, 2.45) is 10.8 Å². The Balaban J connectivity index is 1.48. The van der Waals surface area contributed by atoms with Crippen LogP contribution in [0.25, 0.3) is 0 Å². The fourth-order valence-electron chi connectivity index (χ4n) is 3.24. The molecule has 2 aromatic carbocycles. The van der Waals surface area contributed by atoms with Gasteiger partial charge in [0, 0.05) is 19.2 Å². The zero-order chi connectivity index (χ0) is 26.5. The van der Waals surface area contributed by atoms with E-state index in [0.29, 0.717) is 17.8 Å². The van der Waals surface area contributed by atoms with Gasteiger partial charge in [0.25, 0.3) is 11.8 Å². The lowest BCUT2D eigenvalue weighted by atomic mass is 10.0. The third-order valence-corrected chi connectivity index (χ3v) is 5.26. The van der Waals surface area contributed by atoms with Gasteiger partial charge in [0.1, 0.15) is 17.3 Å². The topological polar surface area (TPSA) is 133 Å². The van der Waals surface area contributed by atoms with Crippen LogP contribution < -0.4 is 21.2 Å². The summed E-state index contributed by atoms with van der Waals surface area (Å²) in [5.41, 5.74) is -0.415. The van der Waals surface area contributed by atoms with Crippen molar-refractivity contribution in [2.75, 3.05) is 33.3 Å². The number of nitrogens with zero attached hydrogens (tertiary/aromatic N) is 2. The molecule has 9 nitrogen and oxygen atoms in total. The van der Waals surface area contributed by atoms with E-state index in [1.165, 1.54) is 31.4 Å². The van der Waals surface area contributed by atoms with Gasteiger partial charge in [0.2, 0.25) is 0 Å². The van der Waals surface area contributed by atoms with Crippen LogP contribution in [0.1, 0.15) is 27.5 Å². The van der Waals surface area contributed by atoms with Gasteiger partial charge in [0.05, 0.1) is 43.1 Å². The molecule has 0 saturated carbocycles. The molecule has 192 valence electrons. The predicted octanol–water partition coefficient (Wildman–Crippen LogP) is 2.09. The van der Waals surface area contributed by atoms with Gasteiger partial charge < -0.3 is 15.4 Å². The van der Waals surface area contributed by atoms with E-state index in [4.69, 9.17) is 16.0 Å². The Morgan fingerprint density at radius 1 is 1.22 bits per heavy atom. The summed E-state index contributed by atoms with van der Waals surface area (Å²) in [5.74, 6) is 3.90. The molecule has 1 aliphatic heterocycles. The van der Waals surface area contributed by atoms with E-state index < -0.39 is 41.1 Å². The van der Waals surface area contributed by atoms with Crippen molar-refractivity contribution in [3.8, 4) is 5.75 Å². The summed E-state index contributed by atoms with van der Waals surface area (Å²) in [5, 5.41) is 14.2. The smallest absolute Gasteiger partial charge is 0.416 e. The lowest BCUT2D eigenvalue weighted by Gasteiger charge is -2.20. The quantitative estimate of drug-likeness (QED) is 0.160. The zero-order valence-corrected chi connectivity index (χ0v) is 19.2. The number of aliphatic imine (C=N–C) groups is 1. The SMILES string of the molecule is COc1ccc(C(=O)NCCN(N)CC(=N)C(=O)NC(C2=NC2)c2ccc(C(F)(F)F)cc2)c(F)c1. The molecule has 2 amide bonds. The first-order valence-electron chi connectivity index (χ1n) is 10.7. The van der Waals surface area contributed by atoms with Crippen molar-refractivity contribution in [3.05, 3.63) is 65.0 Å². The number of alkyl halides is 3. The van der Waals surface area contributed by atoms with Crippen LogP contribution in [0, 0.1) is 11.2 Å². The van der Waals surface area contributed by atoms with Gasteiger partial charge in [-0.3, -0.25) is 25.8 Å². The zero-order valence-electron chi connectivity index (χ0n) is 19.2. The number of ether oxygens (including phenoxy) is 1. The highest BCUT2D eigenvalue weighted by Gasteiger charge is 2.32. The summed E-state index contributed by atoms with van der Waals surface area (Å²) in [7, 11) is 1.37. The van der Waals surface area contributed by atoms with Crippen LogP contribution in [-0.2, 0) is 11.0 Å². The van der Waals surface area contributed by atoms with Crippen molar-refractivity contribution in [1.82, 2.24) is 15.6 Å². The average molecular weight is 508 g/mol. The summed E-state index contributed by atoms with van der Waals surface area (Å²) in [6.45, 7) is 0.149. The number of carbonyl (C=O) groups excluding carboxylic acids is 2. The summed E-state index contributed by atoms with van der Waals surface area (Å²) >= 11 is 0. The maximum atomic E-state index is 14.0. The molecular weight excluding hydrogens is 484 g/mol. The second-order valence-electron chi connectivity index (χ2n) is 7.88. The number of hydrogen-bond acceptors (Lipinski definition) is 7. The average Bonchev–Trinajstić information content (AvgIpc) is 3.67. The van der Waals surface area contributed by atoms with Crippen LogP contribution >= 0.6 is 0 Å². The number of carbonyl (C=O) groups is 2. The Labute approximate surface area is 203 Å².